The fourth-order valence-corrected chi connectivity index (χ4v) is 3.49. The van der Waals surface area contributed by atoms with E-state index in [0.29, 0.717) is 5.56 Å². The van der Waals surface area contributed by atoms with Crippen molar-refractivity contribution in [2.75, 3.05) is 18.1 Å². The fraction of sp³-hybridized carbons (Fsp3) is 0.348. The zero-order valence-corrected chi connectivity index (χ0v) is 16.7. The maximum Gasteiger partial charge on any atom is 0.311 e. The minimum atomic E-state index is -0.557. The lowest BCUT2D eigenvalue weighted by Crippen LogP contribution is -2.28. The van der Waals surface area contributed by atoms with Gasteiger partial charge < -0.3 is 9.64 Å². The highest BCUT2D eigenvalue weighted by Crippen LogP contribution is 2.29. The molecule has 1 saturated heterocycles. The second-order valence-electron chi connectivity index (χ2n) is 7.47. The van der Waals surface area contributed by atoms with Gasteiger partial charge >= 0.3 is 5.97 Å². The van der Waals surface area contributed by atoms with Crippen molar-refractivity contribution in [2.24, 2.45) is 5.92 Å². The fourth-order valence-electron chi connectivity index (χ4n) is 3.49. The Hall–Kier alpha value is -2.95. The summed E-state index contributed by atoms with van der Waals surface area (Å²) in [6, 6.07) is 11.4. The van der Waals surface area contributed by atoms with Gasteiger partial charge in [-0.2, -0.15) is 0 Å². The molecule has 146 valence electrons. The van der Waals surface area contributed by atoms with Gasteiger partial charge in [0, 0.05) is 24.2 Å². The van der Waals surface area contributed by atoms with Crippen LogP contribution in [0.5, 0.6) is 0 Å². The number of Topliss-reactive ketones (excluding diaryl/α,β-unsaturated/α-hetero) is 1. The highest BCUT2D eigenvalue weighted by atomic mass is 16.5. The molecule has 0 bridgehead atoms. The average Bonchev–Trinajstić information content (AvgIpc) is 3.05. The van der Waals surface area contributed by atoms with Crippen molar-refractivity contribution in [3.8, 4) is 0 Å². The number of amides is 1. The molecule has 0 aromatic heterocycles. The molecule has 1 atom stereocenters. The first-order valence-electron chi connectivity index (χ1n) is 9.41. The van der Waals surface area contributed by atoms with Gasteiger partial charge in [-0.3, -0.25) is 14.4 Å². The Balaban J connectivity index is 1.64. The summed E-state index contributed by atoms with van der Waals surface area (Å²) < 4.78 is 5.26. The normalized spacial score (nSPS) is 16.4. The van der Waals surface area contributed by atoms with Gasteiger partial charge in [0.05, 0.1) is 5.92 Å². The SMILES string of the molecule is Cc1ccc(C)c(C(=O)COC(=O)[C@H]2CC(=O)N(c3cccc(C)c3C)C2)c1. The van der Waals surface area contributed by atoms with Gasteiger partial charge in [0.25, 0.3) is 0 Å². The number of ether oxygens (including phenoxy) is 1. The Labute approximate surface area is 165 Å². The maximum absolute atomic E-state index is 12.5. The third-order valence-electron chi connectivity index (χ3n) is 5.36. The molecule has 0 unspecified atom stereocenters. The Morgan fingerprint density at radius 2 is 1.82 bits per heavy atom. The molecule has 0 N–H and O–H groups in total. The highest BCUT2D eigenvalue weighted by Gasteiger charge is 2.37. The van der Waals surface area contributed by atoms with Crippen LogP contribution in [0.1, 0.15) is 39.0 Å². The number of rotatable bonds is 5. The molecular formula is C23H25NO4. The third kappa shape index (κ3) is 3.98. The molecule has 2 aromatic rings. The van der Waals surface area contributed by atoms with Crippen molar-refractivity contribution in [3.05, 3.63) is 64.2 Å². The number of anilines is 1. The minimum absolute atomic E-state index is 0.100. The first-order valence-corrected chi connectivity index (χ1v) is 9.41. The van der Waals surface area contributed by atoms with Crippen molar-refractivity contribution >= 4 is 23.3 Å². The van der Waals surface area contributed by atoms with Gasteiger partial charge in [-0.05, 0) is 56.5 Å². The largest absolute Gasteiger partial charge is 0.457 e. The first kappa shape index (κ1) is 19.8. The number of aryl methyl sites for hydroxylation is 3. The Morgan fingerprint density at radius 1 is 1.07 bits per heavy atom. The lowest BCUT2D eigenvalue weighted by atomic mass is 10.0. The Kier molecular flexibility index (Phi) is 5.63. The molecule has 0 saturated carbocycles. The van der Waals surface area contributed by atoms with Crippen LogP contribution in [0.4, 0.5) is 5.69 Å². The number of ketones is 1. The summed E-state index contributed by atoms with van der Waals surface area (Å²) in [5.41, 5.74) is 5.33. The number of nitrogens with zero attached hydrogens (tertiary/aromatic N) is 1. The van der Waals surface area contributed by atoms with Crippen molar-refractivity contribution in [2.45, 2.75) is 34.1 Å². The van der Waals surface area contributed by atoms with Crippen molar-refractivity contribution in [3.63, 3.8) is 0 Å². The topological polar surface area (TPSA) is 63.7 Å². The van der Waals surface area contributed by atoms with Crippen LogP contribution < -0.4 is 4.90 Å². The number of hydrogen-bond donors (Lipinski definition) is 0. The van der Waals surface area contributed by atoms with E-state index in [9.17, 15) is 14.4 Å². The molecule has 28 heavy (non-hydrogen) atoms. The molecule has 0 radical (unpaired) electrons. The standard InChI is InChI=1S/C23H25NO4/c1-14-8-9-16(3)19(10-14)21(25)13-28-23(27)18-11-22(26)24(12-18)20-7-5-6-15(2)17(20)4/h5-10,18H,11-13H2,1-4H3/t18-/m0/s1. The summed E-state index contributed by atoms with van der Waals surface area (Å²) in [6.07, 6.45) is 0.101. The van der Waals surface area contributed by atoms with Crippen molar-refractivity contribution in [1.82, 2.24) is 0 Å². The van der Waals surface area contributed by atoms with Gasteiger partial charge in [-0.1, -0.05) is 29.8 Å². The van der Waals surface area contributed by atoms with Crippen LogP contribution >= 0.6 is 0 Å². The average molecular weight is 379 g/mol. The lowest BCUT2D eigenvalue weighted by Gasteiger charge is -2.20. The molecule has 5 heteroatoms. The Bertz CT molecular complexity index is 948. The van der Waals surface area contributed by atoms with E-state index < -0.39 is 11.9 Å². The summed E-state index contributed by atoms with van der Waals surface area (Å²) in [5, 5.41) is 0. The van der Waals surface area contributed by atoms with Crippen LogP contribution in [0.3, 0.4) is 0 Å². The summed E-state index contributed by atoms with van der Waals surface area (Å²) in [7, 11) is 0. The predicted octanol–water partition coefficient (Wildman–Crippen LogP) is 3.70. The molecule has 1 heterocycles. The number of carbonyl (C=O) groups excluding carboxylic acids is 3. The molecule has 3 rings (SSSR count). The molecule has 1 amide bonds. The molecule has 1 aliphatic heterocycles. The van der Waals surface area contributed by atoms with Crippen LogP contribution in [-0.4, -0.2) is 30.8 Å². The van der Waals surface area contributed by atoms with Crippen LogP contribution in [0, 0.1) is 33.6 Å². The molecule has 0 spiro atoms. The quantitative estimate of drug-likeness (QED) is 0.587. The van der Waals surface area contributed by atoms with E-state index in [1.165, 1.54) is 0 Å². The van der Waals surface area contributed by atoms with E-state index in [1.54, 1.807) is 11.0 Å². The minimum Gasteiger partial charge on any atom is -0.457 e. The molecular weight excluding hydrogens is 354 g/mol. The Morgan fingerprint density at radius 3 is 2.57 bits per heavy atom. The van der Waals surface area contributed by atoms with Crippen molar-refractivity contribution in [1.29, 1.82) is 0 Å². The number of hydrogen-bond acceptors (Lipinski definition) is 4. The van der Waals surface area contributed by atoms with Gasteiger partial charge in [0.1, 0.15) is 0 Å². The predicted molar refractivity (Wildman–Crippen MR) is 108 cm³/mol. The van der Waals surface area contributed by atoms with E-state index in [0.717, 1.165) is 27.9 Å². The lowest BCUT2D eigenvalue weighted by molar-refractivity contribution is -0.147. The molecule has 1 fully saturated rings. The summed E-state index contributed by atoms with van der Waals surface area (Å²) in [5.74, 6) is -1.39. The number of benzene rings is 2. The van der Waals surface area contributed by atoms with Crippen molar-refractivity contribution < 1.29 is 19.1 Å². The molecule has 5 nitrogen and oxygen atoms in total. The second-order valence-corrected chi connectivity index (χ2v) is 7.47. The molecule has 1 aliphatic rings. The number of esters is 1. The van der Waals surface area contributed by atoms with Gasteiger partial charge in [-0.15, -0.1) is 0 Å². The van der Waals surface area contributed by atoms with Gasteiger partial charge in [0.15, 0.2) is 6.61 Å². The molecule has 2 aromatic carbocycles. The highest BCUT2D eigenvalue weighted by molar-refractivity contribution is 6.01. The number of carbonyl (C=O) groups is 3. The summed E-state index contributed by atoms with van der Waals surface area (Å²) >= 11 is 0. The van der Waals surface area contributed by atoms with Crippen LogP contribution in [0.2, 0.25) is 0 Å². The van der Waals surface area contributed by atoms with Gasteiger partial charge in [0.2, 0.25) is 11.7 Å². The zero-order valence-electron chi connectivity index (χ0n) is 16.7. The monoisotopic (exact) mass is 379 g/mol. The van der Waals surface area contributed by atoms with Crippen LogP contribution in [0.25, 0.3) is 0 Å². The van der Waals surface area contributed by atoms with E-state index in [2.05, 4.69) is 0 Å². The molecule has 0 aliphatic carbocycles. The maximum atomic E-state index is 12.5. The summed E-state index contributed by atoms with van der Waals surface area (Å²) in [4.78, 5) is 39.0. The second kappa shape index (κ2) is 7.97. The third-order valence-corrected chi connectivity index (χ3v) is 5.36. The zero-order chi connectivity index (χ0) is 20.4. The smallest absolute Gasteiger partial charge is 0.311 e. The van der Waals surface area contributed by atoms with E-state index in [4.69, 9.17) is 4.74 Å². The van der Waals surface area contributed by atoms with E-state index >= 15 is 0 Å². The van der Waals surface area contributed by atoms with Crippen LogP contribution in [0.15, 0.2) is 36.4 Å². The van der Waals surface area contributed by atoms with Crippen LogP contribution in [-0.2, 0) is 14.3 Å². The van der Waals surface area contributed by atoms with Gasteiger partial charge in [-0.25, -0.2) is 0 Å². The first-order chi connectivity index (χ1) is 13.3. The van der Waals surface area contributed by atoms with E-state index in [-0.39, 0.29) is 31.3 Å². The van der Waals surface area contributed by atoms with E-state index in [1.807, 2.05) is 58.0 Å². The summed E-state index contributed by atoms with van der Waals surface area (Å²) in [6.45, 7) is 7.69.